The normalized spacial score (nSPS) is 32.0. The number of aliphatic hydroxyl groups is 3. The van der Waals surface area contributed by atoms with Crippen molar-refractivity contribution in [2.45, 2.75) is 101 Å². The van der Waals surface area contributed by atoms with Crippen LogP contribution < -0.4 is 20.7 Å². The summed E-state index contributed by atoms with van der Waals surface area (Å²) in [5.41, 5.74) is -0.327. The second-order valence-electron chi connectivity index (χ2n) is 13.7. The first-order chi connectivity index (χ1) is 24.3. The fourth-order valence-corrected chi connectivity index (χ4v) is 6.78. The Kier molecular flexibility index (Phi) is 15.0. The number of nitrogens with one attached hydrogen (secondary N) is 3. The smallest absolute Gasteiger partial charge is 0.336 e. The molecule has 4 unspecified atom stereocenters. The summed E-state index contributed by atoms with van der Waals surface area (Å²) >= 11 is 0. The van der Waals surface area contributed by atoms with Gasteiger partial charge in [-0.2, -0.15) is 0 Å². The molecule has 51 heavy (non-hydrogen) atoms. The van der Waals surface area contributed by atoms with E-state index in [-0.39, 0.29) is 69.7 Å². The molecule has 4 heterocycles. The third-order valence-corrected chi connectivity index (χ3v) is 9.46. The summed E-state index contributed by atoms with van der Waals surface area (Å²) in [5.74, 6) is -2.34. The first-order valence-electron chi connectivity index (χ1n) is 17.6. The van der Waals surface area contributed by atoms with Crippen molar-refractivity contribution in [1.82, 2.24) is 16.0 Å². The van der Waals surface area contributed by atoms with Gasteiger partial charge in [0.2, 0.25) is 11.8 Å². The van der Waals surface area contributed by atoms with Crippen LogP contribution in [0.25, 0.3) is 0 Å². The lowest BCUT2D eigenvalue weighted by molar-refractivity contribution is -0.229. The van der Waals surface area contributed by atoms with Gasteiger partial charge < -0.3 is 60.1 Å². The van der Waals surface area contributed by atoms with Gasteiger partial charge in [-0.15, -0.1) is 0 Å². The number of aryl methyl sites for hydroxylation is 2. The Bertz CT molecular complexity index is 1330. The van der Waals surface area contributed by atoms with Crippen molar-refractivity contribution < 1.29 is 63.3 Å². The van der Waals surface area contributed by atoms with Gasteiger partial charge in [-0.25, -0.2) is 4.79 Å². The van der Waals surface area contributed by atoms with Crippen molar-refractivity contribution in [3.05, 3.63) is 28.8 Å². The van der Waals surface area contributed by atoms with Crippen molar-refractivity contribution >= 4 is 23.7 Å². The standard InChI is InChI=1S/C35H53N3O13/c1-20-13-24-14-21(2)30(20)50-12-11-49-19-25(38-33(44)23-7-6-10-47-17-23)18-48-9-5-4-8-35(34(45)46)15-26(40)28(37-22(3)39)31(51-35)29(42)27(41)16-36-32(24)43/h13-14,23,25-29,31,40-42H,4-12,15-19H2,1-3H3,(H,36,43)(H,37,39)(H,38,44)(H,45,46)/t23?,25?,26-,27+,28?,29+,31?,35+/m0/s1. The molecule has 0 aliphatic carbocycles. The van der Waals surface area contributed by atoms with E-state index in [4.69, 9.17) is 23.7 Å². The van der Waals surface area contributed by atoms with Gasteiger partial charge >= 0.3 is 5.97 Å². The van der Waals surface area contributed by atoms with Crippen LogP contribution >= 0.6 is 0 Å². The van der Waals surface area contributed by atoms with Crippen molar-refractivity contribution in [3.63, 3.8) is 0 Å². The molecule has 5 rings (SSSR count). The Labute approximate surface area is 297 Å². The molecule has 0 spiro atoms. The van der Waals surface area contributed by atoms with Crippen LogP contribution in [-0.2, 0) is 33.3 Å². The fraction of sp³-hybridized carbons (Fsp3) is 0.714. The summed E-state index contributed by atoms with van der Waals surface area (Å²) in [7, 11) is 0. The minimum Gasteiger partial charge on any atom is -0.491 e. The molecule has 7 N–H and O–H groups in total. The van der Waals surface area contributed by atoms with Crippen LogP contribution in [-0.4, -0.2) is 139 Å². The van der Waals surface area contributed by atoms with E-state index >= 15 is 0 Å². The van der Waals surface area contributed by atoms with Gasteiger partial charge in [0.25, 0.3) is 5.91 Å². The molecule has 4 bridgehead atoms. The van der Waals surface area contributed by atoms with Crippen molar-refractivity contribution in [3.8, 4) is 5.75 Å². The molecule has 4 aliphatic rings. The number of carboxylic acid groups (broad SMARTS) is 1. The monoisotopic (exact) mass is 723 g/mol. The van der Waals surface area contributed by atoms with Gasteiger partial charge in [0.05, 0.1) is 56.6 Å². The number of ether oxygens (including phenoxy) is 5. The van der Waals surface area contributed by atoms with E-state index in [0.29, 0.717) is 36.5 Å². The zero-order valence-electron chi connectivity index (χ0n) is 29.6. The average molecular weight is 724 g/mol. The van der Waals surface area contributed by atoms with Gasteiger partial charge in [0, 0.05) is 38.7 Å². The molecule has 1 aromatic rings. The Hall–Kier alpha value is -3.38. The number of hydrogen-bond donors (Lipinski definition) is 7. The summed E-state index contributed by atoms with van der Waals surface area (Å²) in [6.07, 6.45) is -4.72. The van der Waals surface area contributed by atoms with E-state index in [9.17, 15) is 39.6 Å². The number of carbonyl (C=O) groups excluding carboxylic acids is 3. The van der Waals surface area contributed by atoms with E-state index in [2.05, 4.69) is 16.0 Å². The SMILES string of the molecule is CC(=O)NC1C2O[C@](C(=O)O)(CCCCOCC(NC(=O)C3CCCOC3)COCCOc3c(C)cc(cc3C)C(=O)NC[C@@H](O)[C@H]2O)C[C@@H]1O. The third kappa shape index (κ3) is 11.1. The highest BCUT2D eigenvalue weighted by Gasteiger charge is 2.54. The average Bonchev–Trinajstić information content (AvgIpc) is 3.09. The molecular weight excluding hydrogens is 670 g/mol. The molecule has 2 fully saturated rings. The van der Waals surface area contributed by atoms with E-state index in [1.807, 2.05) is 0 Å². The minimum atomic E-state index is -1.96. The van der Waals surface area contributed by atoms with Crippen molar-refractivity contribution in [2.75, 3.05) is 52.8 Å². The number of carboxylic acids is 1. The predicted octanol–water partition coefficient (Wildman–Crippen LogP) is -0.260. The maximum absolute atomic E-state index is 13.1. The molecule has 8 atom stereocenters. The summed E-state index contributed by atoms with van der Waals surface area (Å²) < 4.78 is 29.2. The van der Waals surface area contributed by atoms with Crippen LogP contribution in [0.5, 0.6) is 5.75 Å². The zero-order chi connectivity index (χ0) is 37.1. The first-order valence-corrected chi connectivity index (χ1v) is 17.6. The largest absolute Gasteiger partial charge is 0.491 e. The van der Waals surface area contributed by atoms with Crippen LogP contribution in [0.15, 0.2) is 12.1 Å². The van der Waals surface area contributed by atoms with Crippen LogP contribution in [0.3, 0.4) is 0 Å². The van der Waals surface area contributed by atoms with Gasteiger partial charge in [-0.3, -0.25) is 14.4 Å². The third-order valence-electron chi connectivity index (χ3n) is 9.46. The number of amides is 3. The lowest BCUT2D eigenvalue weighted by atomic mass is 9.81. The number of carbonyl (C=O) groups is 4. The molecule has 4 aliphatic heterocycles. The lowest BCUT2D eigenvalue weighted by Gasteiger charge is -2.47. The molecule has 0 radical (unpaired) electrons. The van der Waals surface area contributed by atoms with Crippen LogP contribution in [0, 0.1) is 19.8 Å². The Morgan fingerprint density at radius 3 is 2.20 bits per heavy atom. The van der Waals surface area contributed by atoms with E-state index in [1.54, 1.807) is 26.0 Å². The van der Waals surface area contributed by atoms with Crippen molar-refractivity contribution in [1.29, 1.82) is 0 Å². The molecule has 0 saturated carbocycles. The quantitative estimate of drug-likeness (QED) is 0.213. The molecule has 16 heteroatoms. The number of hydrogen-bond acceptors (Lipinski definition) is 12. The maximum Gasteiger partial charge on any atom is 0.336 e. The lowest BCUT2D eigenvalue weighted by Crippen LogP contribution is -2.67. The predicted molar refractivity (Wildman–Crippen MR) is 180 cm³/mol. The van der Waals surface area contributed by atoms with E-state index in [0.717, 1.165) is 12.8 Å². The summed E-state index contributed by atoms with van der Waals surface area (Å²) in [6.45, 7) is 6.21. The molecule has 3 amide bonds. The topological polar surface area (TPSA) is 231 Å². The highest BCUT2D eigenvalue weighted by atomic mass is 16.6. The Morgan fingerprint density at radius 2 is 1.55 bits per heavy atom. The molecular formula is C35H53N3O13. The fourth-order valence-electron chi connectivity index (χ4n) is 6.78. The van der Waals surface area contributed by atoms with Gasteiger partial charge in [-0.05, 0) is 69.2 Å². The second kappa shape index (κ2) is 18.9. The van der Waals surface area contributed by atoms with Gasteiger partial charge in [0.15, 0.2) is 5.60 Å². The van der Waals surface area contributed by atoms with Crippen LogP contribution in [0.2, 0.25) is 0 Å². The van der Waals surface area contributed by atoms with Gasteiger partial charge in [-0.1, -0.05) is 0 Å². The van der Waals surface area contributed by atoms with Crippen LogP contribution in [0.4, 0.5) is 0 Å². The Balaban J connectivity index is 1.54. The molecule has 16 nitrogen and oxygen atoms in total. The van der Waals surface area contributed by atoms with Crippen molar-refractivity contribution in [2.24, 2.45) is 5.92 Å². The van der Waals surface area contributed by atoms with E-state index in [1.165, 1.54) is 6.92 Å². The summed E-state index contributed by atoms with van der Waals surface area (Å²) in [4.78, 5) is 50.7. The number of rotatable bonds is 4. The summed E-state index contributed by atoms with van der Waals surface area (Å²) in [5, 5.41) is 51.6. The molecule has 1 aromatic carbocycles. The first kappa shape index (κ1) is 40.4. The summed E-state index contributed by atoms with van der Waals surface area (Å²) in [6, 6.07) is 1.51. The number of aliphatic carboxylic acids is 1. The van der Waals surface area contributed by atoms with Gasteiger partial charge in [0.1, 0.15) is 24.6 Å². The number of aliphatic hydroxyl groups excluding tert-OH is 3. The number of benzene rings is 1. The van der Waals surface area contributed by atoms with Crippen LogP contribution in [0.1, 0.15) is 66.9 Å². The second-order valence-corrected chi connectivity index (χ2v) is 13.7. The highest BCUT2D eigenvalue weighted by molar-refractivity contribution is 5.95. The molecule has 0 aromatic heterocycles. The molecule has 286 valence electrons. The minimum absolute atomic E-state index is 0.0781. The molecule has 2 saturated heterocycles. The van der Waals surface area contributed by atoms with E-state index < -0.39 is 66.4 Å². The highest BCUT2D eigenvalue weighted by Crippen LogP contribution is 2.36. The maximum atomic E-state index is 13.1. The zero-order valence-corrected chi connectivity index (χ0v) is 29.6. The Morgan fingerprint density at radius 1 is 0.882 bits per heavy atom. The number of fused-ring (bicyclic) bond motifs is 17.